The number of aromatic nitrogens is 1. The molecule has 122 valence electrons. The zero-order valence-electron chi connectivity index (χ0n) is 13.4. The molecule has 2 aromatic rings. The van der Waals surface area contributed by atoms with Gasteiger partial charge in [0.1, 0.15) is 5.76 Å². The molecule has 0 N–H and O–H groups in total. The van der Waals surface area contributed by atoms with E-state index in [1.807, 2.05) is 4.90 Å². The van der Waals surface area contributed by atoms with Crippen LogP contribution in [0.1, 0.15) is 42.5 Å². The van der Waals surface area contributed by atoms with Gasteiger partial charge in [-0.3, -0.25) is 9.59 Å². The topological polar surface area (TPSA) is 55.5 Å². The van der Waals surface area contributed by atoms with Crippen LogP contribution < -0.4 is 5.56 Å². The van der Waals surface area contributed by atoms with E-state index in [1.54, 1.807) is 35.0 Å². The highest BCUT2D eigenvalue weighted by Gasteiger charge is 2.28. The summed E-state index contributed by atoms with van der Waals surface area (Å²) in [5.74, 6) is 1.58. The van der Waals surface area contributed by atoms with E-state index in [9.17, 15) is 9.59 Å². The average Bonchev–Trinajstić information content (AvgIpc) is 3.24. The summed E-state index contributed by atoms with van der Waals surface area (Å²) in [5, 5.41) is 0. The quantitative estimate of drug-likeness (QED) is 0.789. The summed E-state index contributed by atoms with van der Waals surface area (Å²) in [4.78, 5) is 26.2. The van der Waals surface area contributed by atoms with Crippen molar-refractivity contribution in [3.8, 4) is 0 Å². The van der Waals surface area contributed by atoms with Crippen molar-refractivity contribution in [3.05, 3.63) is 58.4 Å². The fourth-order valence-electron chi connectivity index (χ4n) is 2.65. The Morgan fingerprint density at radius 3 is 2.83 bits per heavy atom. The van der Waals surface area contributed by atoms with Crippen LogP contribution in [0.5, 0.6) is 0 Å². The van der Waals surface area contributed by atoms with E-state index >= 15 is 0 Å². The third kappa shape index (κ3) is 3.92. The first-order chi connectivity index (χ1) is 11.2. The Bertz CT molecular complexity index is 728. The fourth-order valence-corrected chi connectivity index (χ4v) is 2.65. The lowest BCUT2D eigenvalue weighted by Crippen LogP contribution is -2.33. The summed E-state index contributed by atoms with van der Waals surface area (Å²) in [7, 11) is 0. The van der Waals surface area contributed by atoms with E-state index in [-0.39, 0.29) is 11.5 Å². The van der Waals surface area contributed by atoms with E-state index in [4.69, 9.17) is 4.42 Å². The van der Waals surface area contributed by atoms with Crippen LogP contribution in [0.3, 0.4) is 0 Å². The molecular weight excluding hydrogens is 292 g/mol. The molecule has 1 saturated carbocycles. The molecule has 0 saturated heterocycles. The second-order valence-electron chi connectivity index (χ2n) is 6.13. The van der Waals surface area contributed by atoms with Crippen LogP contribution in [0.4, 0.5) is 0 Å². The molecule has 0 bridgehead atoms. The van der Waals surface area contributed by atoms with Gasteiger partial charge < -0.3 is 13.9 Å². The van der Waals surface area contributed by atoms with Crippen molar-refractivity contribution < 1.29 is 9.21 Å². The number of hydrogen-bond acceptors (Lipinski definition) is 3. The summed E-state index contributed by atoms with van der Waals surface area (Å²) >= 11 is 0. The van der Waals surface area contributed by atoms with Gasteiger partial charge in [-0.1, -0.05) is 13.0 Å². The lowest BCUT2D eigenvalue weighted by atomic mass is 10.3. The van der Waals surface area contributed by atoms with Crippen LogP contribution in [-0.2, 0) is 6.54 Å². The normalized spacial score (nSPS) is 14.0. The molecule has 3 rings (SSSR count). The van der Waals surface area contributed by atoms with Gasteiger partial charge in [0, 0.05) is 25.4 Å². The van der Waals surface area contributed by atoms with Crippen LogP contribution in [0, 0.1) is 5.92 Å². The molecule has 2 heterocycles. The third-order valence-electron chi connectivity index (χ3n) is 4.05. The molecule has 0 radical (unpaired) electrons. The first-order valence-corrected chi connectivity index (χ1v) is 8.21. The minimum Gasteiger partial charge on any atom is -0.454 e. The number of carbonyl (C=O) groups is 1. The largest absolute Gasteiger partial charge is 0.454 e. The van der Waals surface area contributed by atoms with E-state index in [0.29, 0.717) is 24.0 Å². The van der Waals surface area contributed by atoms with Gasteiger partial charge in [0.25, 0.3) is 11.5 Å². The number of nitrogens with zero attached hydrogens (tertiary/aromatic N) is 2. The molecule has 0 aliphatic heterocycles. The number of rotatable bonds is 7. The summed E-state index contributed by atoms with van der Waals surface area (Å²) in [6.45, 7) is 3.98. The van der Waals surface area contributed by atoms with E-state index in [1.165, 1.54) is 18.9 Å². The Morgan fingerprint density at radius 2 is 2.13 bits per heavy atom. The molecule has 2 aromatic heterocycles. The van der Waals surface area contributed by atoms with Gasteiger partial charge in [-0.2, -0.15) is 0 Å². The van der Waals surface area contributed by atoms with Crippen LogP contribution in [-0.4, -0.2) is 28.5 Å². The molecular formula is C18H22N2O3. The Morgan fingerprint density at radius 1 is 1.30 bits per heavy atom. The molecule has 1 aliphatic rings. The predicted octanol–water partition coefficient (Wildman–Crippen LogP) is 2.75. The summed E-state index contributed by atoms with van der Waals surface area (Å²) < 4.78 is 7.24. The maximum Gasteiger partial charge on any atom is 0.289 e. The van der Waals surface area contributed by atoms with Crippen molar-refractivity contribution in [1.29, 1.82) is 0 Å². The van der Waals surface area contributed by atoms with Crippen molar-refractivity contribution in [3.63, 3.8) is 0 Å². The highest BCUT2D eigenvalue weighted by atomic mass is 16.4. The van der Waals surface area contributed by atoms with Crippen molar-refractivity contribution in [2.75, 3.05) is 13.1 Å². The van der Waals surface area contributed by atoms with Crippen molar-refractivity contribution in [1.82, 2.24) is 9.47 Å². The molecule has 0 atom stereocenters. The maximum atomic E-state index is 12.6. The Balaban J connectivity index is 1.71. The molecule has 1 amide bonds. The first-order valence-electron chi connectivity index (χ1n) is 8.21. The summed E-state index contributed by atoms with van der Waals surface area (Å²) in [6.07, 6.45) is 5.08. The SMILES string of the molecule is CCCN(CC1CC1)C(=O)c1ccc(Cn2ccccc2=O)o1. The molecule has 0 aromatic carbocycles. The van der Waals surface area contributed by atoms with Gasteiger partial charge in [0.05, 0.1) is 6.54 Å². The maximum absolute atomic E-state index is 12.6. The van der Waals surface area contributed by atoms with E-state index in [2.05, 4.69) is 6.92 Å². The lowest BCUT2D eigenvalue weighted by molar-refractivity contribution is 0.0713. The van der Waals surface area contributed by atoms with Gasteiger partial charge in [0.15, 0.2) is 5.76 Å². The zero-order chi connectivity index (χ0) is 16.2. The first kappa shape index (κ1) is 15.6. The Hall–Kier alpha value is -2.30. The molecule has 23 heavy (non-hydrogen) atoms. The fraction of sp³-hybridized carbons (Fsp3) is 0.444. The smallest absolute Gasteiger partial charge is 0.289 e. The highest BCUT2D eigenvalue weighted by molar-refractivity contribution is 5.91. The minimum atomic E-state index is -0.0851. The zero-order valence-corrected chi connectivity index (χ0v) is 13.4. The van der Waals surface area contributed by atoms with Gasteiger partial charge in [-0.05, 0) is 43.4 Å². The lowest BCUT2D eigenvalue weighted by Gasteiger charge is -2.20. The average molecular weight is 314 g/mol. The monoisotopic (exact) mass is 314 g/mol. The molecule has 0 spiro atoms. The number of carbonyl (C=O) groups excluding carboxylic acids is 1. The Labute approximate surface area is 135 Å². The molecule has 5 heteroatoms. The van der Waals surface area contributed by atoms with Crippen molar-refractivity contribution in [2.24, 2.45) is 5.92 Å². The van der Waals surface area contributed by atoms with Gasteiger partial charge in [-0.15, -0.1) is 0 Å². The highest BCUT2D eigenvalue weighted by Crippen LogP contribution is 2.30. The Kier molecular flexibility index (Phi) is 4.65. The molecule has 1 aliphatic carbocycles. The number of hydrogen-bond donors (Lipinski definition) is 0. The van der Waals surface area contributed by atoms with Crippen LogP contribution in [0.2, 0.25) is 0 Å². The number of amides is 1. The van der Waals surface area contributed by atoms with E-state index in [0.717, 1.165) is 19.5 Å². The minimum absolute atomic E-state index is 0.0505. The standard InChI is InChI=1S/C18H22N2O3/c1-2-10-20(12-14-6-7-14)18(22)16-9-8-15(23-16)13-19-11-4-3-5-17(19)21/h3-5,8-9,11,14H,2,6-7,10,12-13H2,1H3. The predicted molar refractivity (Wildman–Crippen MR) is 87.4 cm³/mol. The van der Waals surface area contributed by atoms with E-state index < -0.39 is 0 Å². The molecule has 5 nitrogen and oxygen atoms in total. The summed E-state index contributed by atoms with van der Waals surface area (Å²) in [5.41, 5.74) is -0.0851. The van der Waals surface area contributed by atoms with Crippen LogP contribution in [0.15, 0.2) is 45.7 Å². The van der Waals surface area contributed by atoms with Crippen molar-refractivity contribution >= 4 is 5.91 Å². The molecule has 1 fully saturated rings. The van der Waals surface area contributed by atoms with Gasteiger partial charge in [-0.25, -0.2) is 0 Å². The number of pyridine rings is 1. The van der Waals surface area contributed by atoms with Crippen LogP contribution in [0.25, 0.3) is 0 Å². The van der Waals surface area contributed by atoms with Crippen molar-refractivity contribution in [2.45, 2.75) is 32.7 Å². The van der Waals surface area contributed by atoms with Crippen LogP contribution >= 0.6 is 0 Å². The second kappa shape index (κ2) is 6.86. The number of furan rings is 1. The third-order valence-corrected chi connectivity index (χ3v) is 4.05. The van der Waals surface area contributed by atoms with Gasteiger partial charge in [0.2, 0.25) is 0 Å². The van der Waals surface area contributed by atoms with Gasteiger partial charge >= 0.3 is 0 Å². The molecule has 0 unspecified atom stereocenters. The second-order valence-corrected chi connectivity index (χ2v) is 6.13. The summed E-state index contributed by atoms with van der Waals surface area (Å²) in [6, 6.07) is 8.49.